The summed E-state index contributed by atoms with van der Waals surface area (Å²) in [6.07, 6.45) is 4.34. The molecular formula is C12H16BrNO2. The quantitative estimate of drug-likeness (QED) is 0.796. The van der Waals surface area contributed by atoms with Gasteiger partial charge in [0.2, 0.25) is 0 Å². The molecule has 88 valence electrons. The lowest BCUT2D eigenvalue weighted by atomic mass is 10.2. The Morgan fingerprint density at radius 1 is 1.38 bits per heavy atom. The van der Waals surface area contributed by atoms with Crippen LogP contribution in [0.4, 0.5) is 0 Å². The van der Waals surface area contributed by atoms with Crippen molar-refractivity contribution in [1.82, 2.24) is 4.98 Å². The Morgan fingerprint density at radius 2 is 2.06 bits per heavy atom. The molecule has 1 aliphatic rings. The van der Waals surface area contributed by atoms with Crippen LogP contribution in [0.25, 0.3) is 0 Å². The maximum Gasteiger partial charge on any atom is 0.156 e. The number of nitrogens with zero attached hydrogens (tertiary/aromatic N) is 1. The zero-order chi connectivity index (χ0) is 11.8. The molecular weight excluding hydrogens is 270 g/mol. The number of aromatic nitrogens is 1. The van der Waals surface area contributed by atoms with Crippen molar-refractivity contribution < 1.29 is 9.47 Å². The van der Waals surface area contributed by atoms with Crippen LogP contribution in [-0.4, -0.2) is 16.7 Å². The maximum absolute atomic E-state index is 5.74. The molecule has 16 heavy (non-hydrogen) atoms. The number of hydrogen-bond donors (Lipinski definition) is 0. The predicted molar refractivity (Wildman–Crippen MR) is 66.0 cm³/mol. The Balaban J connectivity index is 2.14. The fourth-order valence-electron chi connectivity index (χ4n) is 1.27. The molecule has 0 saturated heterocycles. The summed E-state index contributed by atoms with van der Waals surface area (Å²) in [5, 5.41) is 0. The lowest BCUT2D eigenvalue weighted by Crippen LogP contribution is -2.23. The van der Waals surface area contributed by atoms with Gasteiger partial charge in [-0.2, -0.15) is 0 Å². The van der Waals surface area contributed by atoms with Crippen molar-refractivity contribution >= 4 is 15.9 Å². The molecule has 1 fully saturated rings. The number of rotatable bonds is 3. The third kappa shape index (κ3) is 3.37. The van der Waals surface area contributed by atoms with E-state index < -0.39 is 0 Å². The highest BCUT2D eigenvalue weighted by molar-refractivity contribution is 9.10. The minimum absolute atomic E-state index is 0.216. The van der Waals surface area contributed by atoms with Gasteiger partial charge < -0.3 is 9.47 Å². The molecule has 2 rings (SSSR count). The van der Waals surface area contributed by atoms with Crippen LogP contribution < -0.4 is 9.47 Å². The molecule has 0 bridgehead atoms. The monoisotopic (exact) mass is 285 g/mol. The summed E-state index contributed by atoms with van der Waals surface area (Å²) in [7, 11) is 0. The highest BCUT2D eigenvalue weighted by Gasteiger charge is 2.25. The first-order valence-corrected chi connectivity index (χ1v) is 6.24. The van der Waals surface area contributed by atoms with Gasteiger partial charge in [-0.1, -0.05) is 0 Å². The predicted octanol–water partition coefficient (Wildman–Crippen LogP) is 3.56. The van der Waals surface area contributed by atoms with Crippen LogP contribution in [-0.2, 0) is 0 Å². The average molecular weight is 286 g/mol. The molecule has 1 heterocycles. The van der Waals surface area contributed by atoms with Gasteiger partial charge >= 0.3 is 0 Å². The second-order valence-corrected chi connectivity index (χ2v) is 5.74. The van der Waals surface area contributed by atoms with E-state index in [1.54, 1.807) is 6.20 Å². The van der Waals surface area contributed by atoms with Crippen molar-refractivity contribution in [3.05, 3.63) is 16.9 Å². The number of halogens is 1. The Kier molecular flexibility index (Phi) is 3.10. The standard InChI is InChI=1S/C12H16BrNO2/c1-12(2,3)16-9-6-10(11(13)14-7-9)15-8-4-5-8/h6-8H,4-5H2,1-3H3. The van der Waals surface area contributed by atoms with E-state index in [2.05, 4.69) is 20.9 Å². The van der Waals surface area contributed by atoms with Crippen molar-refractivity contribution in [3.63, 3.8) is 0 Å². The molecule has 0 aliphatic heterocycles. The lowest BCUT2D eigenvalue weighted by molar-refractivity contribution is 0.129. The zero-order valence-electron chi connectivity index (χ0n) is 9.79. The molecule has 1 saturated carbocycles. The largest absolute Gasteiger partial charge is 0.487 e. The van der Waals surface area contributed by atoms with Crippen molar-refractivity contribution in [2.75, 3.05) is 0 Å². The summed E-state index contributed by atoms with van der Waals surface area (Å²) in [5.74, 6) is 1.51. The molecule has 0 amide bonds. The first-order chi connectivity index (χ1) is 7.44. The summed E-state index contributed by atoms with van der Waals surface area (Å²) in [4.78, 5) is 4.21. The van der Waals surface area contributed by atoms with E-state index in [1.165, 1.54) is 0 Å². The van der Waals surface area contributed by atoms with Gasteiger partial charge in [0.15, 0.2) is 5.75 Å². The van der Waals surface area contributed by atoms with Crippen LogP contribution in [0.2, 0.25) is 0 Å². The van der Waals surface area contributed by atoms with E-state index in [1.807, 2.05) is 26.8 Å². The number of ether oxygens (including phenoxy) is 2. The molecule has 0 radical (unpaired) electrons. The van der Waals surface area contributed by atoms with Crippen LogP contribution in [0.3, 0.4) is 0 Å². The lowest BCUT2D eigenvalue weighted by Gasteiger charge is -2.21. The van der Waals surface area contributed by atoms with Gasteiger partial charge in [0.05, 0.1) is 12.3 Å². The molecule has 0 N–H and O–H groups in total. The first kappa shape index (κ1) is 11.7. The van der Waals surface area contributed by atoms with Gasteiger partial charge in [-0.25, -0.2) is 4.98 Å². The van der Waals surface area contributed by atoms with Crippen molar-refractivity contribution in [1.29, 1.82) is 0 Å². The second kappa shape index (κ2) is 4.24. The second-order valence-electron chi connectivity index (χ2n) is 4.99. The summed E-state index contributed by atoms with van der Waals surface area (Å²) in [6.45, 7) is 6.03. The summed E-state index contributed by atoms with van der Waals surface area (Å²) in [6, 6.07) is 1.89. The highest BCUT2D eigenvalue weighted by atomic mass is 79.9. The summed E-state index contributed by atoms with van der Waals surface area (Å²) in [5.41, 5.74) is -0.216. The highest BCUT2D eigenvalue weighted by Crippen LogP contribution is 2.33. The van der Waals surface area contributed by atoms with Crippen molar-refractivity contribution in [2.45, 2.75) is 45.3 Å². The summed E-state index contributed by atoms with van der Waals surface area (Å²) >= 11 is 3.37. The summed E-state index contributed by atoms with van der Waals surface area (Å²) < 4.78 is 12.2. The van der Waals surface area contributed by atoms with Crippen molar-refractivity contribution in [3.8, 4) is 11.5 Å². The van der Waals surface area contributed by atoms with Crippen LogP contribution in [0.1, 0.15) is 33.6 Å². The van der Waals surface area contributed by atoms with E-state index in [0.717, 1.165) is 28.9 Å². The van der Waals surface area contributed by atoms with E-state index in [-0.39, 0.29) is 5.60 Å². The third-order valence-corrected chi connectivity index (χ3v) is 2.62. The number of pyridine rings is 1. The van der Waals surface area contributed by atoms with Gasteiger partial charge in [0.25, 0.3) is 0 Å². The van der Waals surface area contributed by atoms with Gasteiger partial charge in [0, 0.05) is 6.07 Å². The van der Waals surface area contributed by atoms with Gasteiger partial charge in [-0.05, 0) is 49.5 Å². The Bertz CT molecular complexity index is 383. The smallest absolute Gasteiger partial charge is 0.156 e. The molecule has 3 nitrogen and oxygen atoms in total. The normalized spacial score (nSPS) is 16.0. The van der Waals surface area contributed by atoms with E-state index in [0.29, 0.717) is 6.10 Å². The fraction of sp³-hybridized carbons (Fsp3) is 0.583. The van der Waals surface area contributed by atoms with E-state index in [9.17, 15) is 0 Å². The molecule has 0 atom stereocenters. The van der Waals surface area contributed by atoms with Crippen LogP contribution in [0.5, 0.6) is 11.5 Å². The Morgan fingerprint density at radius 3 is 2.62 bits per heavy atom. The van der Waals surface area contributed by atoms with Crippen LogP contribution in [0.15, 0.2) is 16.9 Å². The Hall–Kier alpha value is -0.770. The molecule has 4 heteroatoms. The molecule has 1 aliphatic carbocycles. The minimum atomic E-state index is -0.216. The third-order valence-electron chi connectivity index (χ3n) is 2.02. The molecule has 1 aromatic rings. The molecule has 0 spiro atoms. The SMILES string of the molecule is CC(C)(C)Oc1cnc(Br)c(OC2CC2)c1. The van der Waals surface area contributed by atoms with Crippen molar-refractivity contribution in [2.24, 2.45) is 0 Å². The molecule has 0 unspecified atom stereocenters. The molecule has 1 aromatic heterocycles. The van der Waals surface area contributed by atoms with Gasteiger partial charge in [0.1, 0.15) is 16.0 Å². The topological polar surface area (TPSA) is 31.4 Å². The number of hydrogen-bond acceptors (Lipinski definition) is 3. The van der Waals surface area contributed by atoms with E-state index >= 15 is 0 Å². The van der Waals surface area contributed by atoms with Crippen LogP contribution >= 0.6 is 15.9 Å². The Labute approximate surface area is 104 Å². The fourth-order valence-corrected chi connectivity index (χ4v) is 1.58. The van der Waals surface area contributed by atoms with Gasteiger partial charge in [-0.3, -0.25) is 0 Å². The first-order valence-electron chi connectivity index (χ1n) is 5.45. The minimum Gasteiger partial charge on any atom is -0.487 e. The van der Waals surface area contributed by atoms with Gasteiger partial charge in [-0.15, -0.1) is 0 Å². The van der Waals surface area contributed by atoms with Crippen LogP contribution in [0, 0.1) is 0 Å². The maximum atomic E-state index is 5.74. The van der Waals surface area contributed by atoms with E-state index in [4.69, 9.17) is 9.47 Å². The zero-order valence-corrected chi connectivity index (χ0v) is 11.4. The average Bonchev–Trinajstić information content (AvgIpc) is 2.92. The molecule has 0 aromatic carbocycles.